The standard InChI is InChI=1S/C12H16ClNO/c1-2-9-7-10(3-4-12(9)13)15-11-5-6-14-8-11/h3-4,7,11,14H,2,5-6,8H2,1H3/t11-/m0/s1. The molecule has 1 aromatic carbocycles. The summed E-state index contributed by atoms with van der Waals surface area (Å²) in [6.07, 6.45) is 2.35. The van der Waals surface area contributed by atoms with E-state index in [1.165, 1.54) is 0 Å². The van der Waals surface area contributed by atoms with Crippen molar-refractivity contribution >= 4 is 11.6 Å². The molecule has 0 radical (unpaired) electrons. The van der Waals surface area contributed by atoms with Gasteiger partial charge in [-0.2, -0.15) is 0 Å². The minimum Gasteiger partial charge on any atom is -0.489 e. The smallest absolute Gasteiger partial charge is 0.120 e. The molecule has 1 heterocycles. The van der Waals surface area contributed by atoms with Crippen molar-refractivity contribution in [2.24, 2.45) is 0 Å². The second kappa shape index (κ2) is 4.86. The van der Waals surface area contributed by atoms with E-state index in [-0.39, 0.29) is 0 Å². The number of aryl methyl sites for hydroxylation is 1. The van der Waals surface area contributed by atoms with E-state index in [2.05, 4.69) is 12.2 Å². The largest absolute Gasteiger partial charge is 0.489 e. The van der Waals surface area contributed by atoms with Crippen LogP contribution < -0.4 is 10.1 Å². The van der Waals surface area contributed by atoms with Crippen LogP contribution in [0.5, 0.6) is 5.75 Å². The molecule has 1 N–H and O–H groups in total. The van der Waals surface area contributed by atoms with Crippen LogP contribution in [0.25, 0.3) is 0 Å². The number of rotatable bonds is 3. The Hall–Kier alpha value is -0.730. The summed E-state index contributed by atoms with van der Waals surface area (Å²) >= 11 is 6.05. The third-order valence-electron chi connectivity index (χ3n) is 2.72. The summed E-state index contributed by atoms with van der Waals surface area (Å²) < 4.78 is 5.85. The fourth-order valence-electron chi connectivity index (χ4n) is 1.82. The summed E-state index contributed by atoms with van der Waals surface area (Å²) in [7, 11) is 0. The van der Waals surface area contributed by atoms with Crippen molar-refractivity contribution in [1.82, 2.24) is 5.32 Å². The maximum absolute atomic E-state index is 6.05. The second-order valence-corrected chi connectivity index (χ2v) is 4.25. The molecule has 0 amide bonds. The van der Waals surface area contributed by atoms with Gasteiger partial charge < -0.3 is 10.1 Å². The first kappa shape index (κ1) is 10.8. The van der Waals surface area contributed by atoms with Crippen LogP contribution in [0.4, 0.5) is 0 Å². The first-order valence-corrected chi connectivity index (χ1v) is 5.83. The molecule has 0 saturated carbocycles. The van der Waals surface area contributed by atoms with Gasteiger partial charge in [-0.05, 0) is 43.1 Å². The summed E-state index contributed by atoms with van der Waals surface area (Å²) in [4.78, 5) is 0. The molecule has 3 heteroatoms. The van der Waals surface area contributed by atoms with E-state index in [9.17, 15) is 0 Å². The number of ether oxygens (including phenoxy) is 1. The molecule has 0 spiro atoms. The molecule has 1 aliphatic rings. The molecular formula is C12H16ClNO. The molecule has 1 saturated heterocycles. The third kappa shape index (κ3) is 2.64. The van der Waals surface area contributed by atoms with Crippen molar-refractivity contribution in [3.05, 3.63) is 28.8 Å². The molecule has 1 fully saturated rings. The fraction of sp³-hybridized carbons (Fsp3) is 0.500. The Morgan fingerprint density at radius 1 is 1.53 bits per heavy atom. The Morgan fingerprint density at radius 3 is 3.07 bits per heavy atom. The molecule has 1 aliphatic heterocycles. The molecule has 2 rings (SSSR count). The molecule has 0 bridgehead atoms. The Labute approximate surface area is 95.6 Å². The zero-order chi connectivity index (χ0) is 10.7. The van der Waals surface area contributed by atoms with Gasteiger partial charge in [-0.3, -0.25) is 0 Å². The average Bonchev–Trinajstić information content (AvgIpc) is 2.73. The minimum absolute atomic E-state index is 0.316. The van der Waals surface area contributed by atoms with Crippen LogP contribution in [0.3, 0.4) is 0 Å². The van der Waals surface area contributed by atoms with Crippen LogP contribution in [0.15, 0.2) is 18.2 Å². The molecule has 0 aromatic heterocycles. The molecule has 2 nitrogen and oxygen atoms in total. The monoisotopic (exact) mass is 225 g/mol. The number of halogens is 1. The summed E-state index contributed by atoms with van der Waals surface area (Å²) in [6, 6.07) is 5.90. The van der Waals surface area contributed by atoms with Crippen LogP contribution in [-0.4, -0.2) is 19.2 Å². The van der Waals surface area contributed by atoms with Crippen molar-refractivity contribution in [3.8, 4) is 5.75 Å². The first-order chi connectivity index (χ1) is 7.29. The zero-order valence-electron chi connectivity index (χ0n) is 8.92. The zero-order valence-corrected chi connectivity index (χ0v) is 9.68. The highest BCUT2D eigenvalue weighted by atomic mass is 35.5. The minimum atomic E-state index is 0.316. The second-order valence-electron chi connectivity index (χ2n) is 3.84. The van der Waals surface area contributed by atoms with Crippen molar-refractivity contribution in [3.63, 3.8) is 0 Å². The lowest BCUT2D eigenvalue weighted by molar-refractivity contribution is 0.223. The van der Waals surface area contributed by atoms with Gasteiger partial charge in [0.05, 0.1) is 0 Å². The van der Waals surface area contributed by atoms with Gasteiger partial charge in [0.2, 0.25) is 0 Å². The maximum Gasteiger partial charge on any atom is 0.120 e. The Kier molecular flexibility index (Phi) is 3.49. The predicted molar refractivity (Wildman–Crippen MR) is 62.7 cm³/mol. The lowest BCUT2D eigenvalue weighted by Crippen LogP contribution is -2.19. The number of nitrogens with one attached hydrogen (secondary N) is 1. The Bertz CT molecular complexity index is 334. The highest BCUT2D eigenvalue weighted by Gasteiger charge is 2.15. The average molecular weight is 226 g/mol. The summed E-state index contributed by atoms with van der Waals surface area (Å²) in [5.74, 6) is 0.935. The lowest BCUT2D eigenvalue weighted by Gasteiger charge is -2.13. The van der Waals surface area contributed by atoms with E-state index in [0.717, 1.165) is 42.3 Å². The molecular weight excluding hydrogens is 210 g/mol. The van der Waals surface area contributed by atoms with E-state index >= 15 is 0 Å². The SMILES string of the molecule is CCc1cc(O[C@H]2CCNC2)ccc1Cl. The van der Waals surface area contributed by atoms with Gasteiger partial charge in [0.1, 0.15) is 11.9 Å². The van der Waals surface area contributed by atoms with Gasteiger partial charge in [0.15, 0.2) is 0 Å². The summed E-state index contributed by atoms with van der Waals surface area (Å²) in [5, 5.41) is 4.11. The van der Waals surface area contributed by atoms with Crippen LogP contribution in [-0.2, 0) is 6.42 Å². The Morgan fingerprint density at radius 2 is 2.40 bits per heavy atom. The highest BCUT2D eigenvalue weighted by Crippen LogP contribution is 2.23. The normalized spacial score (nSPS) is 20.5. The van der Waals surface area contributed by atoms with E-state index in [0.29, 0.717) is 6.10 Å². The molecule has 1 atom stereocenters. The molecule has 1 aromatic rings. The van der Waals surface area contributed by atoms with E-state index < -0.39 is 0 Å². The van der Waals surface area contributed by atoms with E-state index in [1.54, 1.807) is 0 Å². The maximum atomic E-state index is 6.05. The van der Waals surface area contributed by atoms with Crippen LogP contribution in [0.1, 0.15) is 18.9 Å². The van der Waals surface area contributed by atoms with Gasteiger partial charge in [0, 0.05) is 11.6 Å². The fourth-order valence-corrected chi connectivity index (χ4v) is 2.07. The van der Waals surface area contributed by atoms with Crippen molar-refractivity contribution < 1.29 is 4.74 Å². The molecule has 82 valence electrons. The van der Waals surface area contributed by atoms with Crippen LogP contribution >= 0.6 is 11.6 Å². The summed E-state index contributed by atoms with van der Waals surface area (Å²) in [6.45, 7) is 4.10. The highest BCUT2D eigenvalue weighted by molar-refractivity contribution is 6.31. The van der Waals surface area contributed by atoms with Crippen molar-refractivity contribution in [2.45, 2.75) is 25.9 Å². The quantitative estimate of drug-likeness (QED) is 0.854. The van der Waals surface area contributed by atoms with Gasteiger partial charge in [-0.15, -0.1) is 0 Å². The van der Waals surface area contributed by atoms with Gasteiger partial charge in [-0.1, -0.05) is 18.5 Å². The number of benzene rings is 1. The van der Waals surface area contributed by atoms with Crippen LogP contribution in [0, 0.1) is 0 Å². The van der Waals surface area contributed by atoms with E-state index in [1.807, 2.05) is 18.2 Å². The summed E-state index contributed by atoms with van der Waals surface area (Å²) in [5.41, 5.74) is 1.15. The topological polar surface area (TPSA) is 21.3 Å². The number of hydrogen-bond donors (Lipinski definition) is 1. The molecule has 0 aliphatic carbocycles. The van der Waals surface area contributed by atoms with Gasteiger partial charge >= 0.3 is 0 Å². The van der Waals surface area contributed by atoms with Crippen molar-refractivity contribution in [2.75, 3.05) is 13.1 Å². The predicted octanol–water partition coefficient (Wildman–Crippen LogP) is 2.64. The van der Waals surface area contributed by atoms with Crippen molar-refractivity contribution in [1.29, 1.82) is 0 Å². The first-order valence-electron chi connectivity index (χ1n) is 5.45. The van der Waals surface area contributed by atoms with Gasteiger partial charge in [0.25, 0.3) is 0 Å². The van der Waals surface area contributed by atoms with Crippen LogP contribution in [0.2, 0.25) is 5.02 Å². The third-order valence-corrected chi connectivity index (χ3v) is 3.08. The lowest BCUT2D eigenvalue weighted by atomic mass is 10.1. The molecule has 15 heavy (non-hydrogen) atoms. The number of hydrogen-bond acceptors (Lipinski definition) is 2. The van der Waals surface area contributed by atoms with E-state index in [4.69, 9.17) is 16.3 Å². The Balaban J connectivity index is 2.07. The molecule has 0 unspecified atom stereocenters. The van der Waals surface area contributed by atoms with Gasteiger partial charge in [-0.25, -0.2) is 0 Å².